The molecule has 0 radical (unpaired) electrons. The molecule has 0 amide bonds. The smallest absolute Gasteiger partial charge is 0.330 e. The van der Waals surface area contributed by atoms with Gasteiger partial charge in [-0.1, -0.05) is 57.7 Å². The van der Waals surface area contributed by atoms with Crippen LogP contribution in [0.3, 0.4) is 0 Å². The summed E-state index contributed by atoms with van der Waals surface area (Å²) in [6, 6.07) is 16.9. The minimum Gasteiger partial charge on any atom is -0.491 e. The van der Waals surface area contributed by atoms with Crippen molar-refractivity contribution in [2.45, 2.75) is 77.4 Å². The van der Waals surface area contributed by atoms with Gasteiger partial charge in [-0.05, 0) is 92.2 Å². The fourth-order valence-corrected chi connectivity index (χ4v) is 5.40. The Labute approximate surface area is 233 Å². The highest BCUT2D eigenvalue weighted by Crippen LogP contribution is 2.60. The van der Waals surface area contributed by atoms with Crippen LogP contribution in [0.5, 0.6) is 11.5 Å². The van der Waals surface area contributed by atoms with Gasteiger partial charge in [-0.15, -0.1) is 0 Å². The zero-order valence-electron chi connectivity index (χ0n) is 23.8. The monoisotopic (exact) mass is 536 g/mol. The molecule has 6 atom stereocenters. The molecule has 39 heavy (non-hydrogen) atoms. The lowest BCUT2D eigenvalue weighted by molar-refractivity contribution is -0.282. The molecule has 0 bridgehead atoms. The number of ether oxygens (including phenoxy) is 3. The predicted octanol–water partition coefficient (Wildman–Crippen LogP) is 7.76. The Balaban J connectivity index is 0.00000134. The standard InChI is InChI=1S/C30H36O6.C3H8/c1-5-30(31)35-20(3)18-32-26-11-7-22(8-12-26)24-15-25-17-28(29(25)16-24)23-9-13-27(14-10-23)33-19-21(4)36-34-6-2;1-3-2/h5-14,20-21,24-25,28-29H,1-2,15-19H2,3-4H3;3H2,1-2H3. The Morgan fingerprint density at radius 2 is 1.44 bits per heavy atom. The van der Waals surface area contributed by atoms with Crippen LogP contribution in [0.15, 0.2) is 74.0 Å². The van der Waals surface area contributed by atoms with Crippen molar-refractivity contribution in [2.24, 2.45) is 11.8 Å². The second-order valence-corrected chi connectivity index (χ2v) is 10.5. The van der Waals surface area contributed by atoms with E-state index in [2.05, 4.69) is 51.3 Å². The Kier molecular flexibility index (Phi) is 11.9. The number of rotatable bonds is 13. The van der Waals surface area contributed by atoms with E-state index in [-0.39, 0.29) is 12.2 Å². The molecule has 6 heteroatoms. The zero-order valence-corrected chi connectivity index (χ0v) is 23.8. The van der Waals surface area contributed by atoms with E-state index in [9.17, 15) is 4.79 Å². The predicted molar refractivity (Wildman–Crippen MR) is 154 cm³/mol. The van der Waals surface area contributed by atoms with Crippen molar-refractivity contribution >= 4 is 5.97 Å². The normalized spacial score (nSPS) is 22.6. The summed E-state index contributed by atoms with van der Waals surface area (Å²) in [4.78, 5) is 21.1. The first kappa shape index (κ1) is 30.3. The van der Waals surface area contributed by atoms with Crippen LogP contribution in [0, 0.1) is 11.8 Å². The summed E-state index contributed by atoms with van der Waals surface area (Å²) in [6.45, 7) is 15.5. The lowest BCUT2D eigenvalue weighted by Crippen LogP contribution is -2.30. The molecule has 2 aliphatic carbocycles. The zero-order chi connectivity index (χ0) is 28.2. The summed E-state index contributed by atoms with van der Waals surface area (Å²) in [5.74, 6) is 3.94. The van der Waals surface area contributed by atoms with E-state index < -0.39 is 5.97 Å². The quantitative estimate of drug-likeness (QED) is 0.0857. The molecule has 212 valence electrons. The highest BCUT2D eigenvalue weighted by Gasteiger charge is 2.48. The molecule has 0 saturated heterocycles. The molecule has 2 aromatic rings. The average Bonchev–Trinajstić information content (AvgIpc) is 3.27. The second kappa shape index (κ2) is 15.4. The molecule has 6 nitrogen and oxygen atoms in total. The van der Waals surface area contributed by atoms with Gasteiger partial charge in [0.1, 0.15) is 43.2 Å². The summed E-state index contributed by atoms with van der Waals surface area (Å²) < 4.78 is 16.7. The maximum absolute atomic E-state index is 11.3. The van der Waals surface area contributed by atoms with Crippen molar-refractivity contribution in [3.8, 4) is 11.5 Å². The molecule has 2 fully saturated rings. The number of carbonyl (C=O) groups is 1. The van der Waals surface area contributed by atoms with Gasteiger partial charge in [-0.25, -0.2) is 4.79 Å². The topological polar surface area (TPSA) is 63.2 Å². The third kappa shape index (κ3) is 8.89. The van der Waals surface area contributed by atoms with Gasteiger partial charge in [0, 0.05) is 6.08 Å². The van der Waals surface area contributed by atoms with Crippen LogP contribution < -0.4 is 9.47 Å². The summed E-state index contributed by atoms with van der Waals surface area (Å²) >= 11 is 0. The first-order chi connectivity index (χ1) is 18.9. The van der Waals surface area contributed by atoms with Crippen molar-refractivity contribution in [3.05, 3.63) is 85.2 Å². The molecular weight excluding hydrogens is 492 g/mol. The van der Waals surface area contributed by atoms with Gasteiger partial charge in [-0.3, -0.25) is 0 Å². The Morgan fingerprint density at radius 3 is 2.00 bits per heavy atom. The number of fused-ring (bicyclic) bond motifs is 1. The second-order valence-electron chi connectivity index (χ2n) is 10.5. The minimum atomic E-state index is -0.435. The number of benzene rings is 2. The van der Waals surface area contributed by atoms with Gasteiger partial charge in [0.15, 0.2) is 0 Å². The third-order valence-electron chi connectivity index (χ3n) is 7.22. The molecule has 2 aliphatic rings. The summed E-state index contributed by atoms with van der Waals surface area (Å²) in [5, 5.41) is 0. The first-order valence-corrected chi connectivity index (χ1v) is 14.1. The van der Waals surface area contributed by atoms with Gasteiger partial charge in [0.25, 0.3) is 0 Å². The van der Waals surface area contributed by atoms with Crippen molar-refractivity contribution in [1.82, 2.24) is 0 Å². The van der Waals surface area contributed by atoms with Gasteiger partial charge in [0.05, 0.1) is 0 Å². The lowest BCUT2D eigenvalue weighted by atomic mass is 9.64. The summed E-state index contributed by atoms with van der Waals surface area (Å²) in [7, 11) is 0. The van der Waals surface area contributed by atoms with Gasteiger partial charge in [-0.2, -0.15) is 4.89 Å². The Morgan fingerprint density at radius 1 is 0.872 bits per heavy atom. The van der Waals surface area contributed by atoms with Crippen LogP contribution in [0.1, 0.15) is 76.3 Å². The number of esters is 1. The molecule has 0 heterocycles. The van der Waals surface area contributed by atoms with Crippen LogP contribution in [0.25, 0.3) is 0 Å². The van der Waals surface area contributed by atoms with Crippen LogP contribution in [0.4, 0.5) is 0 Å². The first-order valence-electron chi connectivity index (χ1n) is 14.1. The van der Waals surface area contributed by atoms with E-state index in [1.807, 2.05) is 31.2 Å². The third-order valence-corrected chi connectivity index (χ3v) is 7.22. The Hall–Kier alpha value is -3.25. The molecular formula is C33H44O6. The molecule has 2 aromatic carbocycles. The average molecular weight is 537 g/mol. The number of carbonyl (C=O) groups excluding carboxylic acids is 1. The molecule has 0 aliphatic heterocycles. The number of hydrogen-bond donors (Lipinski definition) is 0. The van der Waals surface area contributed by atoms with E-state index >= 15 is 0 Å². The van der Waals surface area contributed by atoms with Crippen LogP contribution in [-0.2, 0) is 19.3 Å². The molecule has 0 aromatic heterocycles. The Bertz CT molecular complexity index is 1030. The summed E-state index contributed by atoms with van der Waals surface area (Å²) in [6.07, 6.45) is 6.89. The van der Waals surface area contributed by atoms with E-state index in [0.717, 1.165) is 29.4 Å². The highest BCUT2D eigenvalue weighted by atomic mass is 17.2. The van der Waals surface area contributed by atoms with Crippen LogP contribution in [0.2, 0.25) is 0 Å². The maximum atomic E-state index is 11.3. The molecule has 0 spiro atoms. The van der Waals surface area contributed by atoms with Crippen molar-refractivity contribution < 1.29 is 28.8 Å². The van der Waals surface area contributed by atoms with Crippen LogP contribution in [-0.4, -0.2) is 31.4 Å². The van der Waals surface area contributed by atoms with Gasteiger partial charge in [0.2, 0.25) is 0 Å². The number of hydrogen-bond acceptors (Lipinski definition) is 6. The molecule has 6 unspecified atom stereocenters. The SMILES string of the molecule is C=COOC(C)COc1ccc(C2CC3CC(c4ccc(OCC(C)OC(=O)C=C)cc4)CC32)cc1.CCC. The maximum Gasteiger partial charge on any atom is 0.330 e. The molecule has 4 rings (SSSR count). The molecule has 2 saturated carbocycles. The fourth-order valence-electron chi connectivity index (χ4n) is 5.40. The van der Waals surface area contributed by atoms with Gasteiger partial charge >= 0.3 is 5.97 Å². The summed E-state index contributed by atoms with van der Waals surface area (Å²) in [5.41, 5.74) is 2.78. The lowest BCUT2D eigenvalue weighted by Gasteiger charge is -2.41. The van der Waals surface area contributed by atoms with Crippen molar-refractivity contribution in [1.29, 1.82) is 0 Å². The highest BCUT2D eigenvalue weighted by molar-refractivity contribution is 5.81. The van der Waals surface area contributed by atoms with Crippen molar-refractivity contribution in [2.75, 3.05) is 13.2 Å². The van der Waals surface area contributed by atoms with E-state index in [1.165, 1.54) is 43.1 Å². The van der Waals surface area contributed by atoms with Crippen LogP contribution >= 0.6 is 0 Å². The molecule has 0 N–H and O–H groups in total. The van der Waals surface area contributed by atoms with E-state index in [0.29, 0.717) is 25.0 Å². The van der Waals surface area contributed by atoms with E-state index in [1.54, 1.807) is 6.92 Å². The largest absolute Gasteiger partial charge is 0.491 e. The van der Waals surface area contributed by atoms with E-state index in [4.69, 9.17) is 24.0 Å². The van der Waals surface area contributed by atoms with Gasteiger partial charge < -0.3 is 19.1 Å². The fraction of sp³-hybridized carbons (Fsp3) is 0.485. The van der Waals surface area contributed by atoms with Crippen molar-refractivity contribution in [3.63, 3.8) is 0 Å². The minimum absolute atomic E-state index is 0.184.